The molecule has 0 radical (unpaired) electrons. The van der Waals surface area contributed by atoms with Crippen molar-refractivity contribution < 1.29 is 9.53 Å². The number of carbonyl (C=O) groups is 1. The number of rotatable bonds is 3. The zero-order valence-corrected chi connectivity index (χ0v) is 16.1. The Bertz CT molecular complexity index is 1220. The van der Waals surface area contributed by atoms with Crippen molar-refractivity contribution in [2.75, 3.05) is 0 Å². The molecular formula is C21H13IN2O3. The highest BCUT2D eigenvalue weighted by atomic mass is 127. The summed E-state index contributed by atoms with van der Waals surface area (Å²) in [6.07, 6.45) is 0. The Hall–Kier alpha value is -3.00. The quantitative estimate of drug-likeness (QED) is 0.275. The lowest BCUT2D eigenvalue weighted by molar-refractivity contribution is 0.0734. The number of aromatic nitrogens is 2. The van der Waals surface area contributed by atoms with E-state index < -0.39 is 5.97 Å². The van der Waals surface area contributed by atoms with E-state index >= 15 is 0 Å². The number of para-hydroxylation sites is 2. The van der Waals surface area contributed by atoms with Crippen LogP contribution in [0.15, 0.2) is 77.6 Å². The van der Waals surface area contributed by atoms with Crippen molar-refractivity contribution in [2.24, 2.45) is 0 Å². The summed E-state index contributed by atoms with van der Waals surface area (Å²) in [5, 5.41) is 0.509. The first-order chi connectivity index (χ1) is 13.1. The second kappa shape index (κ2) is 7.32. The number of H-pyrrole nitrogens is 1. The highest BCUT2D eigenvalue weighted by Crippen LogP contribution is 2.28. The van der Waals surface area contributed by atoms with E-state index in [9.17, 15) is 9.59 Å². The number of carbonyl (C=O) groups excluding carboxylic acids is 1. The molecule has 0 atom stereocenters. The molecule has 3 aromatic carbocycles. The number of hydrogen-bond acceptors (Lipinski definition) is 4. The van der Waals surface area contributed by atoms with Crippen LogP contribution in [0.2, 0.25) is 0 Å². The predicted octanol–water partition coefficient (Wildman–Crippen LogP) is 4.41. The Kier molecular flexibility index (Phi) is 4.72. The smallest absolute Gasteiger partial charge is 0.344 e. The predicted molar refractivity (Wildman–Crippen MR) is 112 cm³/mol. The molecule has 0 bridgehead atoms. The van der Waals surface area contributed by atoms with Gasteiger partial charge in [0.15, 0.2) is 0 Å². The third kappa shape index (κ3) is 3.48. The number of nitrogens with zero attached hydrogens (tertiary/aromatic N) is 1. The van der Waals surface area contributed by atoms with Gasteiger partial charge in [0, 0.05) is 3.57 Å². The van der Waals surface area contributed by atoms with E-state index in [2.05, 4.69) is 32.6 Å². The molecular weight excluding hydrogens is 455 g/mol. The molecule has 0 aliphatic heterocycles. The Morgan fingerprint density at radius 1 is 0.926 bits per heavy atom. The number of esters is 1. The maximum atomic E-state index is 12.6. The highest BCUT2D eigenvalue weighted by Gasteiger charge is 2.16. The van der Waals surface area contributed by atoms with E-state index in [0.29, 0.717) is 33.6 Å². The molecule has 27 heavy (non-hydrogen) atoms. The molecule has 0 saturated heterocycles. The fourth-order valence-electron chi connectivity index (χ4n) is 2.75. The van der Waals surface area contributed by atoms with Gasteiger partial charge in [-0.2, -0.15) is 0 Å². The van der Waals surface area contributed by atoms with Crippen LogP contribution in [0.3, 0.4) is 0 Å². The SMILES string of the molecule is O=C(Oc1ccccc1-c1nc2ccccc2c(=O)[nH]1)c1ccccc1I. The summed E-state index contributed by atoms with van der Waals surface area (Å²) in [6, 6.07) is 21.3. The summed E-state index contributed by atoms with van der Waals surface area (Å²) < 4.78 is 6.41. The molecule has 0 spiro atoms. The van der Waals surface area contributed by atoms with Crippen molar-refractivity contribution in [3.05, 3.63) is 92.3 Å². The van der Waals surface area contributed by atoms with Crippen LogP contribution in [-0.2, 0) is 0 Å². The van der Waals surface area contributed by atoms with Crippen molar-refractivity contribution in [1.29, 1.82) is 0 Å². The average Bonchev–Trinajstić information content (AvgIpc) is 2.68. The normalized spacial score (nSPS) is 10.7. The van der Waals surface area contributed by atoms with E-state index in [-0.39, 0.29) is 5.56 Å². The third-order valence-electron chi connectivity index (χ3n) is 4.05. The Balaban J connectivity index is 1.77. The minimum atomic E-state index is -0.462. The first-order valence-corrected chi connectivity index (χ1v) is 9.26. The third-order valence-corrected chi connectivity index (χ3v) is 4.99. The molecule has 0 aliphatic rings. The first-order valence-electron chi connectivity index (χ1n) is 8.18. The van der Waals surface area contributed by atoms with Gasteiger partial charge >= 0.3 is 5.97 Å². The molecule has 5 nitrogen and oxygen atoms in total. The molecule has 132 valence electrons. The lowest BCUT2D eigenvalue weighted by atomic mass is 10.1. The molecule has 6 heteroatoms. The second-order valence-corrected chi connectivity index (χ2v) is 6.96. The van der Waals surface area contributed by atoms with E-state index in [4.69, 9.17) is 4.74 Å². The topological polar surface area (TPSA) is 72.0 Å². The van der Waals surface area contributed by atoms with Gasteiger partial charge in [0.2, 0.25) is 0 Å². The van der Waals surface area contributed by atoms with Crippen LogP contribution in [0, 0.1) is 3.57 Å². The van der Waals surface area contributed by atoms with Crippen LogP contribution in [0.25, 0.3) is 22.3 Å². The summed E-state index contributed by atoms with van der Waals surface area (Å²) in [6.45, 7) is 0. The lowest BCUT2D eigenvalue weighted by Crippen LogP contribution is -2.13. The number of nitrogens with one attached hydrogen (secondary N) is 1. The van der Waals surface area contributed by atoms with Gasteiger partial charge in [-0.05, 0) is 59.0 Å². The van der Waals surface area contributed by atoms with Gasteiger partial charge in [-0.1, -0.05) is 36.4 Å². The van der Waals surface area contributed by atoms with Gasteiger partial charge in [0.05, 0.1) is 22.0 Å². The number of aromatic amines is 1. The van der Waals surface area contributed by atoms with Crippen molar-refractivity contribution in [3.8, 4) is 17.1 Å². The van der Waals surface area contributed by atoms with Crippen LogP contribution in [-0.4, -0.2) is 15.9 Å². The molecule has 0 aliphatic carbocycles. The van der Waals surface area contributed by atoms with Crippen molar-refractivity contribution in [3.63, 3.8) is 0 Å². The average molecular weight is 468 g/mol. The van der Waals surface area contributed by atoms with Crippen molar-refractivity contribution >= 4 is 39.5 Å². The summed E-state index contributed by atoms with van der Waals surface area (Å²) in [5.74, 6) is 0.223. The molecule has 4 aromatic rings. The van der Waals surface area contributed by atoms with E-state index in [1.165, 1.54) is 0 Å². The van der Waals surface area contributed by atoms with E-state index in [1.807, 2.05) is 18.2 Å². The van der Waals surface area contributed by atoms with Gasteiger partial charge in [0.1, 0.15) is 11.6 Å². The Morgan fingerprint density at radius 2 is 1.63 bits per heavy atom. The molecule has 0 saturated carbocycles. The van der Waals surface area contributed by atoms with E-state index in [1.54, 1.807) is 54.6 Å². The number of fused-ring (bicyclic) bond motifs is 1. The summed E-state index contributed by atoms with van der Waals surface area (Å²) >= 11 is 2.09. The largest absolute Gasteiger partial charge is 0.422 e. The van der Waals surface area contributed by atoms with Crippen LogP contribution in [0.4, 0.5) is 0 Å². The zero-order chi connectivity index (χ0) is 18.8. The molecule has 1 aromatic heterocycles. The Morgan fingerprint density at radius 3 is 2.48 bits per heavy atom. The van der Waals surface area contributed by atoms with Crippen LogP contribution in [0.5, 0.6) is 5.75 Å². The van der Waals surface area contributed by atoms with Crippen LogP contribution < -0.4 is 10.3 Å². The molecule has 1 heterocycles. The lowest BCUT2D eigenvalue weighted by Gasteiger charge is -2.11. The fourth-order valence-corrected chi connectivity index (χ4v) is 3.35. The second-order valence-electron chi connectivity index (χ2n) is 5.80. The number of hydrogen-bond donors (Lipinski definition) is 1. The molecule has 0 amide bonds. The molecule has 4 rings (SSSR count). The fraction of sp³-hybridized carbons (Fsp3) is 0. The Labute approximate surface area is 168 Å². The van der Waals surface area contributed by atoms with Crippen molar-refractivity contribution in [2.45, 2.75) is 0 Å². The molecule has 0 unspecified atom stereocenters. The van der Waals surface area contributed by atoms with Crippen LogP contribution in [0.1, 0.15) is 10.4 Å². The number of halogens is 1. The summed E-state index contributed by atoms with van der Waals surface area (Å²) in [5.41, 5.74) is 1.36. The van der Waals surface area contributed by atoms with Crippen LogP contribution >= 0.6 is 22.6 Å². The number of ether oxygens (including phenoxy) is 1. The summed E-state index contributed by atoms with van der Waals surface area (Å²) in [4.78, 5) is 32.2. The van der Waals surface area contributed by atoms with E-state index in [0.717, 1.165) is 3.57 Å². The van der Waals surface area contributed by atoms with Gasteiger partial charge in [-0.15, -0.1) is 0 Å². The monoisotopic (exact) mass is 468 g/mol. The minimum absolute atomic E-state index is 0.241. The first kappa shape index (κ1) is 17.4. The standard InChI is InChI=1S/C21H13IN2O3/c22-16-10-4-1-7-13(16)21(26)27-18-12-6-3-9-15(18)19-23-17-11-5-2-8-14(17)20(25)24-19/h1-12H,(H,23,24,25). The van der Waals surface area contributed by atoms with Gasteiger partial charge in [0.25, 0.3) is 5.56 Å². The van der Waals surface area contributed by atoms with Gasteiger partial charge in [-0.25, -0.2) is 9.78 Å². The van der Waals surface area contributed by atoms with Crippen molar-refractivity contribution in [1.82, 2.24) is 9.97 Å². The van der Waals surface area contributed by atoms with Gasteiger partial charge < -0.3 is 9.72 Å². The zero-order valence-electron chi connectivity index (χ0n) is 14.0. The highest BCUT2D eigenvalue weighted by molar-refractivity contribution is 14.1. The maximum Gasteiger partial charge on any atom is 0.344 e. The number of benzene rings is 3. The van der Waals surface area contributed by atoms with Gasteiger partial charge in [-0.3, -0.25) is 4.79 Å². The molecule has 1 N–H and O–H groups in total. The summed E-state index contributed by atoms with van der Waals surface area (Å²) in [7, 11) is 0. The maximum absolute atomic E-state index is 12.6. The molecule has 0 fully saturated rings. The minimum Gasteiger partial charge on any atom is -0.422 e.